The molecule has 2 aliphatic carbocycles. The Bertz CT molecular complexity index is 918. The van der Waals surface area contributed by atoms with Crippen molar-refractivity contribution in [3.8, 4) is 0 Å². The SMILES string of the molecule is Cc1ccc(C(=O)[C@@H](C)C(=O)N2[C@@H]3C[C@H]4CC[C@]3(CS2(=O)=O)C4(C)C)cc1. The third-order valence-electron chi connectivity index (χ3n) is 7.73. The molecule has 1 aromatic rings. The number of rotatable bonds is 3. The first-order chi connectivity index (χ1) is 12.5. The Balaban J connectivity index is 1.66. The van der Waals surface area contributed by atoms with Gasteiger partial charge in [0.25, 0.3) is 0 Å². The van der Waals surface area contributed by atoms with E-state index in [9.17, 15) is 18.0 Å². The highest BCUT2D eigenvalue weighted by Gasteiger charge is 2.72. The maximum atomic E-state index is 13.2. The van der Waals surface area contributed by atoms with E-state index in [0.717, 1.165) is 29.1 Å². The van der Waals surface area contributed by atoms with E-state index in [1.807, 2.05) is 19.1 Å². The molecule has 4 atom stereocenters. The quantitative estimate of drug-likeness (QED) is 0.588. The van der Waals surface area contributed by atoms with Crippen LogP contribution in [0.4, 0.5) is 0 Å². The van der Waals surface area contributed by atoms with Crippen molar-refractivity contribution in [1.29, 1.82) is 0 Å². The average molecular weight is 390 g/mol. The van der Waals surface area contributed by atoms with Crippen molar-refractivity contribution in [2.75, 3.05) is 5.75 Å². The number of nitrogens with zero attached hydrogens (tertiary/aromatic N) is 1. The molecule has 27 heavy (non-hydrogen) atoms. The Morgan fingerprint density at radius 2 is 1.81 bits per heavy atom. The molecule has 1 saturated heterocycles. The zero-order chi connectivity index (χ0) is 19.8. The molecule has 0 aromatic heterocycles. The van der Waals surface area contributed by atoms with Crippen LogP contribution in [0.3, 0.4) is 0 Å². The van der Waals surface area contributed by atoms with E-state index in [4.69, 9.17) is 0 Å². The van der Waals surface area contributed by atoms with Gasteiger partial charge in [0.05, 0.1) is 17.7 Å². The van der Waals surface area contributed by atoms with E-state index < -0.39 is 21.8 Å². The molecule has 0 unspecified atom stereocenters. The van der Waals surface area contributed by atoms with Crippen LogP contribution in [-0.4, -0.2) is 36.2 Å². The van der Waals surface area contributed by atoms with E-state index in [1.165, 1.54) is 6.92 Å². The van der Waals surface area contributed by atoms with E-state index in [0.29, 0.717) is 11.5 Å². The van der Waals surface area contributed by atoms with Crippen LogP contribution in [0.5, 0.6) is 0 Å². The van der Waals surface area contributed by atoms with Gasteiger partial charge in [0, 0.05) is 11.0 Å². The zero-order valence-corrected chi connectivity index (χ0v) is 17.2. The van der Waals surface area contributed by atoms with E-state index in [-0.39, 0.29) is 28.4 Å². The number of amides is 1. The summed E-state index contributed by atoms with van der Waals surface area (Å²) in [5, 5.41) is 0. The van der Waals surface area contributed by atoms with Gasteiger partial charge in [0.2, 0.25) is 15.9 Å². The summed E-state index contributed by atoms with van der Waals surface area (Å²) in [5.41, 5.74) is 1.02. The number of ketones is 1. The van der Waals surface area contributed by atoms with Crippen molar-refractivity contribution >= 4 is 21.7 Å². The fraction of sp³-hybridized carbons (Fsp3) is 0.619. The fourth-order valence-corrected chi connectivity index (χ4v) is 8.46. The maximum Gasteiger partial charge on any atom is 0.246 e. The molecule has 5 nitrogen and oxygen atoms in total. The van der Waals surface area contributed by atoms with E-state index in [1.54, 1.807) is 12.1 Å². The highest BCUT2D eigenvalue weighted by atomic mass is 32.2. The van der Waals surface area contributed by atoms with E-state index in [2.05, 4.69) is 13.8 Å². The molecular formula is C21H27NO4S. The Morgan fingerprint density at radius 3 is 2.41 bits per heavy atom. The van der Waals surface area contributed by atoms with Gasteiger partial charge in [0.15, 0.2) is 5.78 Å². The minimum absolute atomic E-state index is 0.0331. The highest BCUT2D eigenvalue weighted by molar-refractivity contribution is 7.90. The smallest absolute Gasteiger partial charge is 0.246 e. The van der Waals surface area contributed by atoms with Gasteiger partial charge < -0.3 is 0 Å². The number of sulfonamides is 1. The summed E-state index contributed by atoms with van der Waals surface area (Å²) < 4.78 is 27.1. The lowest BCUT2D eigenvalue weighted by Crippen LogP contribution is -2.47. The normalized spacial score (nSPS) is 33.7. The van der Waals surface area contributed by atoms with Crippen LogP contribution in [0.15, 0.2) is 24.3 Å². The van der Waals surface area contributed by atoms with Gasteiger partial charge in [0.1, 0.15) is 0 Å². The first kappa shape index (κ1) is 18.7. The van der Waals surface area contributed by atoms with Crippen LogP contribution in [0.2, 0.25) is 0 Å². The largest absolute Gasteiger partial charge is 0.293 e. The lowest BCUT2D eigenvalue weighted by Gasteiger charge is -2.37. The second kappa shape index (κ2) is 5.66. The van der Waals surface area contributed by atoms with Crippen LogP contribution in [-0.2, 0) is 14.8 Å². The number of fused-ring (bicyclic) bond motifs is 1. The summed E-state index contributed by atoms with van der Waals surface area (Å²) in [7, 11) is -3.70. The molecule has 1 aromatic carbocycles. The lowest BCUT2D eigenvalue weighted by atomic mass is 9.69. The molecule has 1 amide bonds. The van der Waals surface area contributed by atoms with Crippen LogP contribution in [0.25, 0.3) is 0 Å². The Kier molecular flexibility index (Phi) is 3.91. The second-order valence-corrected chi connectivity index (χ2v) is 11.1. The molecule has 4 rings (SSSR count). The van der Waals surface area contributed by atoms with Gasteiger partial charge in [-0.15, -0.1) is 0 Å². The highest BCUT2D eigenvalue weighted by Crippen LogP contribution is 2.70. The molecule has 6 heteroatoms. The van der Waals surface area contributed by atoms with Gasteiger partial charge in [-0.3, -0.25) is 9.59 Å². The molecule has 0 N–H and O–H groups in total. The molecule has 2 bridgehead atoms. The number of Topliss-reactive ketones (excluding diaryl/α,β-unsaturated/α-hetero) is 1. The first-order valence-electron chi connectivity index (χ1n) is 9.68. The molecule has 3 aliphatic rings. The van der Waals surface area contributed by atoms with Crippen molar-refractivity contribution in [3.63, 3.8) is 0 Å². The molecule has 0 radical (unpaired) electrons. The van der Waals surface area contributed by atoms with Crippen molar-refractivity contribution in [1.82, 2.24) is 4.31 Å². The van der Waals surface area contributed by atoms with E-state index >= 15 is 0 Å². The summed E-state index contributed by atoms with van der Waals surface area (Å²) in [6, 6.07) is 6.75. The minimum Gasteiger partial charge on any atom is -0.293 e. The Morgan fingerprint density at radius 1 is 1.19 bits per heavy atom. The van der Waals surface area contributed by atoms with Gasteiger partial charge in [-0.1, -0.05) is 43.7 Å². The van der Waals surface area contributed by atoms with Crippen LogP contribution < -0.4 is 0 Å². The molecule has 2 saturated carbocycles. The van der Waals surface area contributed by atoms with Crippen LogP contribution >= 0.6 is 0 Å². The van der Waals surface area contributed by atoms with Gasteiger partial charge >= 0.3 is 0 Å². The monoisotopic (exact) mass is 389 g/mol. The van der Waals surface area contributed by atoms with Crippen molar-refractivity contribution in [2.24, 2.45) is 22.7 Å². The zero-order valence-electron chi connectivity index (χ0n) is 16.4. The first-order valence-corrected chi connectivity index (χ1v) is 11.3. The molecule has 146 valence electrons. The minimum atomic E-state index is -3.70. The molecular weight excluding hydrogens is 362 g/mol. The topological polar surface area (TPSA) is 71.5 Å². The summed E-state index contributed by atoms with van der Waals surface area (Å²) in [6.07, 6.45) is 2.60. The number of benzene rings is 1. The van der Waals surface area contributed by atoms with Crippen LogP contribution in [0.1, 0.15) is 56.0 Å². The summed E-state index contributed by atoms with van der Waals surface area (Å²) in [4.78, 5) is 26.0. The fourth-order valence-electron chi connectivity index (χ4n) is 5.85. The van der Waals surface area contributed by atoms with Crippen molar-refractivity contribution < 1.29 is 18.0 Å². The third-order valence-corrected chi connectivity index (χ3v) is 9.64. The lowest BCUT2D eigenvalue weighted by molar-refractivity contribution is -0.131. The number of aryl methyl sites for hydroxylation is 1. The molecule has 1 spiro atoms. The van der Waals surface area contributed by atoms with Crippen molar-refractivity contribution in [3.05, 3.63) is 35.4 Å². The Labute approximate surface area is 161 Å². The number of hydrogen-bond acceptors (Lipinski definition) is 4. The second-order valence-electron chi connectivity index (χ2n) is 9.21. The predicted octanol–water partition coefficient (Wildman–Crippen LogP) is 3.18. The summed E-state index contributed by atoms with van der Waals surface area (Å²) in [5.74, 6) is -1.41. The average Bonchev–Trinajstić information content (AvgIpc) is 3.08. The summed E-state index contributed by atoms with van der Waals surface area (Å²) >= 11 is 0. The molecule has 1 aliphatic heterocycles. The van der Waals surface area contributed by atoms with Gasteiger partial charge in [-0.2, -0.15) is 0 Å². The number of carbonyl (C=O) groups excluding carboxylic acids is 2. The number of carbonyl (C=O) groups is 2. The standard InChI is InChI=1S/C21H27NO4S/c1-13-5-7-15(8-6-13)18(23)14(2)19(24)22-17-11-16-9-10-21(17,20(16,3)4)12-27(22,25)26/h5-8,14,16-17H,9-12H2,1-4H3/t14-,16-,17-,21-/m1/s1. The number of hydrogen-bond donors (Lipinski definition) is 0. The Hall–Kier alpha value is -1.69. The van der Waals surface area contributed by atoms with Gasteiger partial charge in [-0.25, -0.2) is 12.7 Å². The molecule has 1 heterocycles. The van der Waals surface area contributed by atoms with Crippen molar-refractivity contribution in [2.45, 2.75) is 53.0 Å². The van der Waals surface area contributed by atoms with Crippen LogP contribution in [0, 0.1) is 29.6 Å². The summed E-state index contributed by atoms with van der Waals surface area (Å²) in [6.45, 7) is 7.75. The van der Waals surface area contributed by atoms with Gasteiger partial charge in [-0.05, 0) is 44.4 Å². The molecule has 3 fully saturated rings. The maximum absolute atomic E-state index is 13.2. The third kappa shape index (κ3) is 2.38. The predicted molar refractivity (Wildman–Crippen MR) is 103 cm³/mol.